The summed E-state index contributed by atoms with van der Waals surface area (Å²) >= 11 is 6.03. The van der Waals surface area contributed by atoms with Gasteiger partial charge in [0.25, 0.3) is 5.91 Å². The molecule has 1 amide bonds. The van der Waals surface area contributed by atoms with Crippen LogP contribution in [0.4, 0.5) is 17.2 Å². The molecule has 0 fully saturated rings. The van der Waals surface area contributed by atoms with Crippen LogP contribution in [0.15, 0.2) is 30.5 Å². The monoisotopic (exact) mass is 287 g/mol. The summed E-state index contributed by atoms with van der Waals surface area (Å²) in [7, 11) is 0. The summed E-state index contributed by atoms with van der Waals surface area (Å²) in [6.07, 6.45) is 1.39. The second kappa shape index (κ2) is 5.47. The molecule has 0 saturated heterocycles. The van der Waals surface area contributed by atoms with Crippen molar-refractivity contribution in [3.05, 3.63) is 46.6 Å². The molecule has 1 aromatic heterocycles. The Hall–Kier alpha value is -2.78. The molecule has 0 radical (unpaired) electrons. The molecule has 1 heterocycles. The fourth-order valence-electron chi connectivity index (χ4n) is 1.59. The van der Waals surface area contributed by atoms with E-state index in [9.17, 15) is 4.79 Å². The Morgan fingerprint density at radius 2 is 2.15 bits per heavy atom. The van der Waals surface area contributed by atoms with Crippen LogP contribution in [0.2, 0.25) is 5.02 Å². The van der Waals surface area contributed by atoms with Gasteiger partial charge in [-0.25, -0.2) is 4.98 Å². The summed E-state index contributed by atoms with van der Waals surface area (Å²) in [6, 6.07) is 8.11. The van der Waals surface area contributed by atoms with Crippen LogP contribution in [-0.2, 0) is 0 Å². The minimum Gasteiger partial charge on any atom is -0.397 e. The van der Waals surface area contributed by atoms with E-state index in [0.29, 0.717) is 22.0 Å². The van der Waals surface area contributed by atoms with Crippen LogP contribution in [0.5, 0.6) is 0 Å². The lowest BCUT2D eigenvalue weighted by molar-refractivity contribution is 0.100. The number of amides is 1. The van der Waals surface area contributed by atoms with Crippen molar-refractivity contribution in [2.45, 2.75) is 0 Å². The minimum atomic E-state index is -0.667. The summed E-state index contributed by atoms with van der Waals surface area (Å²) < 4.78 is 0. The van der Waals surface area contributed by atoms with E-state index in [0.717, 1.165) is 0 Å². The molecule has 0 atom stereocenters. The Morgan fingerprint density at radius 3 is 2.80 bits per heavy atom. The Kier molecular flexibility index (Phi) is 3.73. The van der Waals surface area contributed by atoms with Crippen molar-refractivity contribution in [3.63, 3.8) is 0 Å². The van der Waals surface area contributed by atoms with E-state index in [1.54, 1.807) is 18.2 Å². The van der Waals surface area contributed by atoms with Gasteiger partial charge in [-0.1, -0.05) is 11.6 Å². The fourth-order valence-corrected chi connectivity index (χ4v) is 1.75. The number of carbonyl (C=O) groups excluding carboxylic acids is 1. The molecule has 20 heavy (non-hydrogen) atoms. The first-order valence-electron chi connectivity index (χ1n) is 5.53. The molecule has 7 heteroatoms. The van der Waals surface area contributed by atoms with Gasteiger partial charge in [0.05, 0.1) is 39.8 Å². The van der Waals surface area contributed by atoms with Crippen LogP contribution >= 0.6 is 11.6 Å². The molecule has 0 bridgehead atoms. The Bertz CT molecular complexity index is 723. The molecule has 6 nitrogen and oxygen atoms in total. The van der Waals surface area contributed by atoms with Gasteiger partial charge in [-0.3, -0.25) is 4.79 Å². The average molecular weight is 288 g/mol. The van der Waals surface area contributed by atoms with Crippen molar-refractivity contribution in [2.75, 3.05) is 11.1 Å². The van der Waals surface area contributed by atoms with E-state index in [1.165, 1.54) is 12.3 Å². The number of nitrogens with one attached hydrogen (secondary N) is 1. The molecule has 1 aromatic carbocycles. The molecule has 0 aliphatic carbocycles. The molecule has 2 aromatic rings. The first-order chi connectivity index (χ1) is 9.51. The quantitative estimate of drug-likeness (QED) is 0.798. The first-order valence-corrected chi connectivity index (χ1v) is 5.91. The van der Waals surface area contributed by atoms with Crippen molar-refractivity contribution >= 4 is 34.7 Å². The topological polar surface area (TPSA) is 118 Å². The number of anilines is 3. The van der Waals surface area contributed by atoms with Crippen LogP contribution < -0.4 is 16.8 Å². The van der Waals surface area contributed by atoms with Gasteiger partial charge in [0.15, 0.2) is 0 Å². The lowest BCUT2D eigenvalue weighted by Crippen LogP contribution is -2.15. The highest BCUT2D eigenvalue weighted by Gasteiger charge is 2.12. The summed E-state index contributed by atoms with van der Waals surface area (Å²) in [6.45, 7) is 0. The first kappa shape index (κ1) is 13.6. The van der Waals surface area contributed by atoms with Gasteiger partial charge in [0, 0.05) is 0 Å². The molecule has 100 valence electrons. The molecule has 2 rings (SSSR count). The molecule has 0 aliphatic heterocycles. The number of rotatable bonds is 3. The second-order valence-corrected chi connectivity index (χ2v) is 4.37. The smallest absolute Gasteiger partial charge is 0.252 e. The normalized spacial score (nSPS) is 9.80. The van der Waals surface area contributed by atoms with E-state index < -0.39 is 5.91 Å². The lowest BCUT2D eigenvalue weighted by atomic mass is 10.2. The summed E-state index contributed by atoms with van der Waals surface area (Å²) in [5, 5.41) is 12.1. The van der Waals surface area contributed by atoms with Gasteiger partial charge >= 0.3 is 0 Å². The third-order valence-corrected chi connectivity index (χ3v) is 2.85. The molecule has 0 spiro atoms. The van der Waals surface area contributed by atoms with Gasteiger partial charge in [-0.05, 0) is 24.3 Å². The number of halogens is 1. The number of carbonyl (C=O) groups is 1. The highest BCUT2D eigenvalue weighted by atomic mass is 35.5. The highest BCUT2D eigenvalue weighted by molar-refractivity contribution is 6.33. The van der Waals surface area contributed by atoms with E-state index in [1.807, 2.05) is 6.07 Å². The number of pyridine rings is 1. The predicted molar refractivity (Wildman–Crippen MR) is 76.6 cm³/mol. The minimum absolute atomic E-state index is 0.142. The molecular weight excluding hydrogens is 278 g/mol. The molecule has 0 aliphatic rings. The van der Waals surface area contributed by atoms with Crippen molar-refractivity contribution < 1.29 is 4.79 Å². The Balaban J connectivity index is 2.45. The van der Waals surface area contributed by atoms with Gasteiger partial charge in [0.2, 0.25) is 0 Å². The summed E-state index contributed by atoms with van der Waals surface area (Å²) in [5.41, 5.74) is 12.2. The maximum Gasteiger partial charge on any atom is 0.252 e. The number of aromatic nitrogens is 1. The van der Waals surface area contributed by atoms with E-state index in [2.05, 4.69) is 10.3 Å². The van der Waals surface area contributed by atoms with Gasteiger partial charge in [0.1, 0.15) is 5.82 Å². The number of nitrogens with two attached hydrogens (primary N) is 2. The highest BCUT2D eigenvalue weighted by Crippen LogP contribution is 2.27. The summed E-state index contributed by atoms with van der Waals surface area (Å²) in [5.74, 6) is -0.441. The SMILES string of the molecule is N#Cc1ccc(Cl)c(Nc2ncc(N)cc2C(N)=O)c1. The van der Waals surface area contributed by atoms with Gasteiger partial charge in [-0.15, -0.1) is 0 Å². The van der Waals surface area contributed by atoms with Gasteiger partial charge < -0.3 is 16.8 Å². The van der Waals surface area contributed by atoms with Crippen LogP contribution in [0.25, 0.3) is 0 Å². The van der Waals surface area contributed by atoms with Crippen LogP contribution in [0, 0.1) is 11.3 Å². The standard InChI is InChI=1S/C13H10ClN5O/c14-10-2-1-7(5-15)3-11(10)19-13-9(12(17)20)4-8(16)6-18-13/h1-4,6H,16H2,(H2,17,20)(H,18,19). The third kappa shape index (κ3) is 2.79. The largest absolute Gasteiger partial charge is 0.397 e. The summed E-state index contributed by atoms with van der Waals surface area (Å²) in [4.78, 5) is 15.4. The number of benzene rings is 1. The number of primary amides is 1. The van der Waals surface area contributed by atoms with E-state index >= 15 is 0 Å². The molecule has 0 saturated carbocycles. The number of hydrogen-bond acceptors (Lipinski definition) is 5. The van der Waals surface area contributed by atoms with E-state index in [-0.39, 0.29) is 11.4 Å². The zero-order valence-electron chi connectivity index (χ0n) is 10.2. The van der Waals surface area contributed by atoms with E-state index in [4.69, 9.17) is 28.3 Å². The predicted octanol–water partition coefficient (Wildman–Crippen LogP) is 2.03. The third-order valence-electron chi connectivity index (χ3n) is 2.52. The maximum absolute atomic E-state index is 11.4. The fraction of sp³-hybridized carbons (Fsp3) is 0. The van der Waals surface area contributed by atoms with Crippen molar-refractivity contribution in [1.29, 1.82) is 5.26 Å². The second-order valence-electron chi connectivity index (χ2n) is 3.96. The number of nitriles is 1. The zero-order chi connectivity index (χ0) is 14.7. The lowest BCUT2D eigenvalue weighted by Gasteiger charge is -2.11. The molecular formula is C13H10ClN5O. The van der Waals surface area contributed by atoms with Crippen molar-refractivity contribution in [1.82, 2.24) is 4.98 Å². The Labute approximate surface area is 120 Å². The average Bonchev–Trinajstić information content (AvgIpc) is 2.42. The number of nitrogens with zero attached hydrogens (tertiary/aromatic N) is 2. The van der Waals surface area contributed by atoms with Crippen molar-refractivity contribution in [3.8, 4) is 6.07 Å². The molecule has 5 N–H and O–H groups in total. The van der Waals surface area contributed by atoms with Crippen molar-refractivity contribution in [2.24, 2.45) is 5.73 Å². The maximum atomic E-state index is 11.4. The number of nitrogen functional groups attached to an aromatic ring is 1. The molecule has 0 unspecified atom stereocenters. The number of hydrogen-bond donors (Lipinski definition) is 3. The van der Waals surface area contributed by atoms with Gasteiger partial charge in [-0.2, -0.15) is 5.26 Å². The zero-order valence-corrected chi connectivity index (χ0v) is 11.0. The van der Waals surface area contributed by atoms with Crippen LogP contribution in [0.3, 0.4) is 0 Å². The van der Waals surface area contributed by atoms with Crippen LogP contribution in [-0.4, -0.2) is 10.9 Å². The Morgan fingerprint density at radius 1 is 1.40 bits per heavy atom. The van der Waals surface area contributed by atoms with Crippen LogP contribution in [0.1, 0.15) is 15.9 Å².